The predicted octanol–water partition coefficient (Wildman–Crippen LogP) is 3.16. The van der Waals surface area contributed by atoms with Crippen LogP contribution in [0.4, 0.5) is 11.6 Å². The van der Waals surface area contributed by atoms with E-state index in [1.807, 2.05) is 58.0 Å². The first kappa shape index (κ1) is 19.3. The molecule has 146 valence electrons. The molecule has 8 heteroatoms. The van der Waals surface area contributed by atoms with Gasteiger partial charge in [-0.15, -0.1) is 5.10 Å². The van der Waals surface area contributed by atoms with Gasteiger partial charge in [-0.3, -0.25) is 10.1 Å². The highest BCUT2D eigenvalue weighted by molar-refractivity contribution is 5.98. The van der Waals surface area contributed by atoms with Gasteiger partial charge < -0.3 is 10.4 Å². The van der Waals surface area contributed by atoms with Crippen LogP contribution in [-0.4, -0.2) is 37.6 Å². The molecule has 0 unspecified atom stereocenters. The van der Waals surface area contributed by atoms with E-state index in [1.54, 1.807) is 6.20 Å². The Balaban J connectivity index is 1.92. The SMILES string of the molecule is CC(C)Nc1cn2nc(NC(=O)C(C)(C)c3ccccc3)nc2cc1C(=O)O. The first-order valence-corrected chi connectivity index (χ1v) is 8.95. The molecule has 1 aromatic carbocycles. The van der Waals surface area contributed by atoms with Crippen molar-refractivity contribution in [3.05, 3.63) is 53.7 Å². The minimum atomic E-state index is -1.07. The molecular weight excluding hydrogens is 358 g/mol. The number of hydrogen-bond acceptors (Lipinski definition) is 5. The second kappa shape index (κ2) is 7.30. The summed E-state index contributed by atoms with van der Waals surface area (Å²) in [5.74, 6) is -1.20. The van der Waals surface area contributed by atoms with E-state index in [0.717, 1.165) is 5.56 Å². The third-order valence-electron chi connectivity index (χ3n) is 4.44. The number of fused-ring (bicyclic) bond motifs is 1. The zero-order valence-corrected chi connectivity index (χ0v) is 16.2. The van der Waals surface area contributed by atoms with Crippen LogP contribution >= 0.6 is 0 Å². The van der Waals surface area contributed by atoms with Crippen LogP contribution in [0.2, 0.25) is 0 Å². The molecule has 8 nitrogen and oxygen atoms in total. The van der Waals surface area contributed by atoms with Crippen LogP contribution in [0.3, 0.4) is 0 Å². The van der Waals surface area contributed by atoms with Gasteiger partial charge in [0.2, 0.25) is 11.9 Å². The summed E-state index contributed by atoms with van der Waals surface area (Å²) < 4.78 is 1.45. The van der Waals surface area contributed by atoms with Gasteiger partial charge in [0.25, 0.3) is 0 Å². The molecule has 28 heavy (non-hydrogen) atoms. The number of nitrogens with one attached hydrogen (secondary N) is 2. The van der Waals surface area contributed by atoms with E-state index in [2.05, 4.69) is 20.7 Å². The molecule has 0 atom stereocenters. The number of aromatic nitrogens is 3. The van der Waals surface area contributed by atoms with Crippen LogP contribution in [0.15, 0.2) is 42.6 Å². The highest BCUT2D eigenvalue weighted by Crippen LogP contribution is 2.25. The monoisotopic (exact) mass is 381 g/mol. The fraction of sp³-hybridized carbons (Fsp3) is 0.300. The molecule has 0 aliphatic carbocycles. The summed E-state index contributed by atoms with van der Waals surface area (Å²) in [5, 5.41) is 19.5. The second-order valence-corrected chi connectivity index (χ2v) is 7.39. The van der Waals surface area contributed by atoms with Crippen molar-refractivity contribution in [1.82, 2.24) is 14.6 Å². The molecule has 2 aromatic heterocycles. The first-order chi connectivity index (χ1) is 13.2. The Morgan fingerprint density at radius 2 is 1.86 bits per heavy atom. The van der Waals surface area contributed by atoms with Crippen LogP contribution < -0.4 is 10.6 Å². The number of aromatic carboxylic acids is 1. The van der Waals surface area contributed by atoms with E-state index in [9.17, 15) is 14.7 Å². The number of benzene rings is 1. The molecule has 0 saturated heterocycles. The Morgan fingerprint density at radius 3 is 2.46 bits per heavy atom. The van der Waals surface area contributed by atoms with Crippen molar-refractivity contribution in [1.29, 1.82) is 0 Å². The molecule has 3 rings (SSSR count). The molecule has 2 heterocycles. The summed E-state index contributed by atoms with van der Waals surface area (Å²) in [5.41, 5.74) is 0.945. The standard InChI is InChI=1S/C20H23N5O3/c1-12(2)21-15-11-25-16(10-14(15)17(26)27)22-19(24-25)23-18(28)20(3,4)13-8-6-5-7-9-13/h5-12,21H,1-4H3,(H,26,27)(H,23,24,28). The van der Waals surface area contributed by atoms with Gasteiger partial charge in [0.15, 0.2) is 5.65 Å². The molecule has 0 aliphatic rings. The molecule has 1 amide bonds. The van der Waals surface area contributed by atoms with E-state index in [-0.39, 0.29) is 23.5 Å². The predicted molar refractivity (Wildman–Crippen MR) is 107 cm³/mol. The smallest absolute Gasteiger partial charge is 0.337 e. The van der Waals surface area contributed by atoms with E-state index >= 15 is 0 Å². The summed E-state index contributed by atoms with van der Waals surface area (Å²) in [7, 11) is 0. The van der Waals surface area contributed by atoms with Crippen LogP contribution in [0.25, 0.3) is 5.65 Å². The average Bonchev–Trinajstić information content (AvgIpc) is 3.02. The Bertz CT molecular complexity index is 1030. The van der Waals surface area contributed by atoms with Crippen molar-refractivity contribution in [3.63, 3.8) is 0 Å². The van der Waals surface area contributed by atoms with Gasteiger partial charge in [-0.25, -0.2) is 9.31 Å². The lowest BCUT2D eigenvalue weighted by Crippen LogP contribution is -2.35. The van der Waals surface area contributed by atoms with E-state index in [0.29, 0.717) is 11.3 Å². The fourth-order valence-electron chi connectivity index (χ4n) is 2.83. The number of pyridine rings is 1. The lowest BCUT2D eigenvalue weighted by Gasteiger charge is -2.23. The van der Waals surface area contributed by atoms with E-state index < -0.39 is 11.4 Å². The van der Waals surface area contributed by atoms with Crippen molar-refractivity contribution in [2.45, 2.75) is 39.2 Å². The quantitative estimate of drug-likeness (QED) is 0.605. The van der Waals surface area contributed by atoms with Crippen LogP contribution in [0.1, 0.15) is 43.6 Å². The third kappa shape index (κ3) is 3.80. The largest absolute Gasteiger partial charge is 0.478 e. The van der Waals surface area contributed by atoms with Gasteiger partial charge in [-0.1, -0.05) is 30.3 Å². The van der Waals surface area contributed by atoms with Crippen molar-refractivity contribution in [2.24, 2.45) is 0 Å². The first-order valence-electron chi connectivity index (χ1n) is 8.95. The minimum Gasteiger partial charge on any atom is -0.478 e. The third-order valence-corrected chi connectivity index (χ3v) is 4.44. The topological polar surface area (TPSA) is 109 Å². The maximum absolute atomic E-state index is 12.8. The molecule has 0 aliphatic heterocycles. The van der Waals surface area contributed by atoms with E-state index in [4.69, 9.17) is 0 Å². The molecule has 0 saturated carbocycles. The molecule has 0 bridgehead atoms. The van der Waals surface area contributed by atoms with E-state index in [1.165, 1.54) is 10.6 Å². The van der Waals surface area contributed by atoms with Gasteiger partial charge in [0, 0.05) is 6.04 Å². The number of carboxylic acids is 1. The maximum atomic E-state index is 12.8. The highest BCUT2D eigenvalue weighted by atomic mass is 16.4. The van der Waals surface area contributed by atoms with Gasteiger partial charge in [0.1, 0.15) is 0 Å². The number of carbonyl (C=O) groups is 2. The van der Waals surface area contributed by atoms with Gasteiger partial charge >= 0.3 is 5.97 Å². The van der Waals surface area contributed by atoms with Crippen molar-refractivity contribution >= 4 is 29.2 Å². The molecule has 0 spiro atoms. The second-order valence-electron chi connectivity index (χ2n) is 7.39. The number of nitrogens with zero attached hydrogens (tertiary/aromatic N) is 3. The summed E-state index contributed by atoms with van der Waals surface area (Å²) in [6, 6.07) is 10.9. The number of anilines is 2. The van der Waals surface area contributed by atoms with Crippen LogP contribution in [-0.2, 0) is 10.2 Å². The summed E-state index contributed by atoms with van der Waals surface area (Å²) in [6.07, 6.45) is 1.56. The highest BCUT2D eigenvalue weighted by Gasteiger charge is 2.30. The number of hydrogen-bond donors (Lipinski definition) is 3. The number of carboxylic acid groups (broad SMARTS) is 1. The van der Waals surface area contributed by atoms with Crippen molar-refractivity contribution < 1.29 is 14.7 Å². The zero-order valence-electron chi connectivity index (χ0n) is 16.2. The number of amides is 1. The van der Waals surface area contributed by atoms with Gasteiger partial charge in [0.05, 0.1) is 22.9 Å². The summed E-state index contributed by atoms with van der Waals surface area (Å²) in [4.78, 5) is 28.6. The van der Waals surface area contributed by atoms with Crippen molar-refractivity contribution in [3.8, 4) is 0 Å². The average molecular weight is 381 g/mol. The zero-order chi connectivity index (χ0) is 20.5. The molecule has 0 radical (unpaired) electrons. The summed E-state index contributed by atoms with van der Waals surface area (Å²) in [6.45, 7) is 7.46. The Kier molecular flexibility index (Phi) is 5.04. The summed E-state index contributed by atoms with van der Waals surface area (Å²) >= 11 is 0. The number of rotatable bonds is 6. The Labute approximate surface area is 162 Å². The number of carbonyl (C=O) groups excluding carboxylic acids is 1. The van der Waals surface area contributed by atoms with Gasteiger partial charge in [-0.2, -0.15) is 4.98 Å². The molecule has 3 aromatic rings. The lowest BCUT2D eigenvalue weighted by atomic mass is 9.84. The normalized spacial score (nSPS) is 11.6. The maximum Gasteiger partial charge on any atom is 0.337 e. The minimum absolute atomic E-state index is 0.0462. The molecular formula is C20H23N5O3. The molecule has 0 fully saturated rings. The van der Waals surface area contributed by atoms with Gasteiger partial charge in [-0.05, 0) is 39.3 Å². The lowest BCUT2D eigenvalue weighted by molar-refractivity contribution is -0.120. The van der Waals surface area contributed by atoms with Crippen molar-refractivity contribution in [2.75, 3.05) is 10.6 Å². The van der Waals surface area contributed by atoms with Crippen LogP contribution in [0, 0.1) is 0 Å². The molecule has 3 N–H and O–H groups in total. The Hall–Kier alpha value is -3.42. The van der Waals surface area contributed by atoms with Crippen LogP contribution in [0.5, 0.6) is 0 Å². The Morgan fingerprint density at radius 1 is 1.18 bits per heavy atom. The fourth-order valence-corrected chi connectivity index (χ4v) is 2.83.